The van der Waals surface area contributed by atoms with Crippen molar-refractivity contribution in [2.75, 3.05) is 6.61 Å². The Balaban J connectivity index is 1.33. The van der Waals surface area contributed by atoms with Crippen LogP contribution in [0.25, 0.3) is 0 Å². The first-order valence-corrected chi connectivity index (χ1v) is 13.2. The molecule has 0 saturated heterocycles. The molecule has 39 heavy (non-hydrogen) atoms. The van der Waals surface area contributed by atoms with Crippen molar-refractivity contribution in [3.8, 4) is 5.75 Å². The molecular formula is C31H36N3O5+. The number of nitrogens with two attached hydrogens (primary N) is 1. The number of benzene rings is 2. The van der Waals surface area contributed by atoms with Gasteiger partial charge < -0.3 is 20.1 Å². The highest BCUT2D eigenvalue weighted by atomic mass is 16.6. The summed E-state index contributed by atoms with van der Waals surface area (Å²) in [6.07, 6.45) is 4.76. The molecule has 2 heterocycles. The van der Waals surface area contributed by atoms with Crippen molar-refractivity contribution in [2.24, 2.45) is 5.73 Å². The van der Waals surface area contributed by atoms with Gasteiger partial charge in [0.25, 0.3) is 5.91 Å². The highest BCUT2D eigenvalue weighted by Crippen LogP contribution is 2.27. The summed E-state index contributed by atoms with van der Waals surface area (Å²) in [7, 11) is 0. The maximum atomic E-state index is 13.1. The Bertz CT molecular complexity index is 1330. The normalized spacial score (nSPS) is 13.6. The molecule has 8 nitrogen and oxygen atoms in total. The molecule has 0 saturated carbocycles. The molecule has 1 aromatic heterocycles. The lowest BCUT2D eigenvalue weighted by Gasteiger charge is -2.25. The average Bonchev–Trinajstić information content (AvgIpc) is 3.19. The molecule has 0 aliphatic carbocycles. The summed E-state index contributed by atoms with van der Waals surface area (Å²) in [5.41, 5.74) is 8.63. The van der Waals surface area contributed by atoms with E-state index in [0.29, 0.717) is 18.6 Å². The Morgan fingerprint density at radius 3 is 2.54 bits per heavy atom. The van der Waals surface area contributed by atoms with Gasteiger partial charge in [0.05, 0.1) is 6.61 Å². The predicted molar refractivity (Wildman–Crippen MR) is 146 cm³/mol. The van der Waals surface area contributed by atoms with E-state index in [1.165, 1.54) is 10.5 Å². The van der Waals surface area contributed by atoms with Crippen LogP contribution in [0.2, 0.25) is 0 Å². The summed E-state index contributed by atoms with van der Waals surface area (Å²) in [6, 6.07) is 18.9. The lowest BCUT2D eigenvalue weighted by molar-refractivity contribution is -0.688. The maximum Gasteiger partial charge on any atom is 0.306 e. The fourth-order valence-corrected chi connectivity index (χ4v) is 4.67. The van der Waals surface area contributed by atoms with Crippen LogP contribution >= 0.6 is 0 Å². The second-order valence-corrected chi connectivity index (χ2v) is 10.8. The molecule has 2 amide bonds. The van der Waals surface area contributed by atoms with Gasteiger partial charge in [0.2, 0.25) is 12.1 Å². The number of carbonyl (C=O) groups is 3. The number of hydrogen-bond acceptors (Lipinski definition) is 5. The maximum absolute atomic E-state index is 13.1. The van der Waals surface area contributed by atoms with E-state index in [0.717, 1.165) is 23.4 Å². The van der Waals surface area contributed by atoms with Gasteiger partial charge in [-0.2, -0.15) is 4.57 Å². The fraction of sp³-hybridized carbons (Fsp3) is 0.355. The van der Waals surface area contributed by atoms with Gasteiger partial charge in [0.1, 0.15) is 11.6 Å². The number of hydrogen-bond donors (Lipinski definition) is 1. The van der Waals surface area contributed by atoms with E-state index in [4.69, 9.17) is 15.2 Å². The van der Waals surface area contributed by atoms with Crippen molar-refractivity contribution < 1.29 is 28.4 Å². The fourth-order valence-electron chi connectivity index (χ4n) is 4.67. The molecular weight excluding hydrogens is 494 g/mol. The minimum Gasteiger partial charge on any atom is -0.487 e. The van der Waals surface area contributed by atoms with Crippen LogP contribution in [0.3, 0.4) is 0 Å². The van der Waals surface area contributed by atoms with Crippen LogP contribution in [0.1, 0.15) is 60.7 Å². The number of amides is 2. The predicted octanol–water partition coefficient (Wildman–Crippen LogP) is 3.58. The van der Waals surface area contributed by atoms with Crippen molar-refractivity contribution >= 4 is 17.8 Å². The smallest absolute Gasteiger partial charge is 0.306 e. The van der Waals surface area contributed by atoms with Gasteiger partial charge in [-0.1, -0.05) is 42.5 Å². The highest BCUT2D eigenvalue weighted by Gasteiger charge is 2.36. The van der Waals surface area contributed by atoms with Crippen molar-refractivity contribution in [3.05, 3.63) is 95.3 Å². The lowest BCUT2D eigenvalue weighted by Crippen LogP contribution is -2.45. The number of rotatable bonds is 11. The molecule has 0 radical (unpaired) electrons. The molecule has 0 fully saturated rings. The number of nitrogens with zero attached hydrogens (tertiary/aromatic N) is 2. The van der Waals surface area contributed by atoms with Gasteiger partial charge in [-0.3, -0.25) is 14.4 Å². The van der Waals surface area contributed by atoms with Crippen LogP contribution in [0.15, 0.2) is 73.1 Å². The number of esters is 1. The zero-order valence-corrected chi connectivity index (χ0v) is 22.8. The van der Waals surface area contributed by atoms with Gasteiger partial charge >= 0.3 is 5.97 Å². The van der Waals surface area contributed by atoms with E-state index in [-0.39, 0.29) is 25.3 Å². The highest BCUT2D eigenvalue weighted by molar-refractivity contribution is 6.01. The third-order valence-corrected chi connectivity index (χ3v) is 6.45. The molecule has 4 rings (SSSR count). The second-order valence-electron chi connectivity index (χ2n) is 10.8. The first-order chi connectivity index (χ1) is 18.6. The topological polar surface area (TPSA) is 103 Å². The molecule has 0 unspecified atom stereocenters. The van der Waals surface area contributed by atoms with Gasteiger partial charge in [0.15, 0.2) is 18.5 Å². The van der Waals surface area contributed by atoms with Crippen LogP contribution < -0.4 is 15.0 Å². The second kappa shape index (κ2) is 12.1. The van der Waals surface area contributed by atoms with E-state index in [1.807, 2.05) is 54.9 Å². The number of carbonyl (C=O) groups excluding carboxylic acids is 3. The number of fused-ring (bicyclic) bond motifs is 1. The molecule has 0 spiro atoms. The number of primary amides is 1. The number of aromatic nitrogens is 1. The Kier molecular flexibility index (Phi) is 8.64. The van der Waals surface area contributed by atoms with E-state index in [9.17, 15) is 14.4 Å². The summed E-state index contributed by atoms with van der Waals surface area (Å²) in [5, 5.41) is 0. The Labute approximate surface area is 229 Å². The Hall–Kier alpha value is -4.20. The van der Waals surface area contributed by atoms with Crippen molar-refractivity contribution in [1.29, 1.82) is 0 Å². The van der Waals surface area contributed by atoms with E-state index < -0.39 is 23.5 Å². The minimum absolute atomic E-state index is 0.00156. The minimum atomic E-state index is -0.884. The molecule has 1 aliphatic heterocycles. The van der Waals surface area contributed by atoms with E-state index in [2.05, 4.69) is 16.7 Å². The molecule has 1 aliphatic rings. The van der Waals surface area contributed by atoms with Gasteiger partial charge in [0, 0.05) is 36.6 Å². The Morgan fingerprint density at radius 2 is 1.82 bits per heavy atom. The average molecular weight is 531 g/mol. The molecule has 204 valence electrons. The van der Waals surface area contributed by atoms with Gasteiger partial charge in [-0.25, -0.2) is 0 Å². The molecule has 2 N–H and O–H groups in total. The van der Waals surface area contributed by atoms with E-state index in [1.54, 1.807) is 26.8 Å². The summed E-state index contributed by atoms with van der Waals surface area (Å²) in [4.78, 5) is 38.9. The molecule has 8 heteroatoms. The molecule has 0 bridgehead atoms. The van der Waals surface area contributed by atoms with Gasteiger partial charge in [-0.05, 0) is 50.5 Å². The zero-order chi connectivity index (χ0) is 28.0. The van der Waals surface area contributed by atoms with Gasteiger partial charge in [-0.15, -0.1) is 0 Å². The summed E-state index contributed by atoms with van der Waals surface area (Å²) >= 11 is 0. The third kappa shape index (κ3) is 7.66. The summed E-state index contributed by atoms with van der Waals surface area (Å²) in [5.74, 6) is -0.539. The van der Waals surface area contributed by atoms with Crippen LogP contribution in [0, 0.1) is 0 Å². The first kappa shape index (κ1) is 27.8. The Morgan fingerprint density at radius 1 is 1.05 bits per heavy atom. The van der Waals surface area contributed by atoms with Crippen molar-refractivity contribution in [3.63, 3.8) is 0 Å². The van der Waals surface area contributed by atoms with Crippen LogP contribution in [0.4, 0.5) is 0 Å². The standard InChI is InChI=1S/C31H35N3O5/c1-31(2,3)39-28(35)14-13-27(29(32)36)34-20-24-18-22(11-12-26(24)30(34)37)15-17-38-25-10-7-16-33(21-25)19-23-8-5-4-6-9-23/h4-12,16,18,21,27H,13-15,17,19-20H2,1-3H3,(H-,32,36)/p+1/t27-/m0/s1. The summed E-state index contributed by atoms with van der Waals surface area (Å²) < 4.78 is 13.4. The molecule has 3 aromatic rings. The largest absolute Gasteiger partial charge is 0.487 e. The summed E-state index contributed by atoms with van der Waals surface area (Å²) in [6.45, 7) is 6.84. The van der Waals surface area contributed by atoms with E-state index >= 15 is 0 Å². The first-order valence-electron chi connectivity index (χ1n) is 13.2. The van der Waals surface area contributed by atoms with Crippen LogP contribution in [-0.2, 0) is 33.8 Å². The number of pyridine rings is 1. The van der Waals surface area contributed by atoms with Crippen LogP contribution in [-0.4, -0.2) is 40.9 Å². The SMILES string of the molecule is CC(C)(C)OC(=O)CC[C@@H](C(N)=O)N1Cc2cc(CCOc3ccc[n+](Cc4ccccc4)c3)ccc2C1=O. The molecule has 1 atom stereocenters. The number of ether oxygens (including phenoxy) is 2. The quantitative estimate of drug-likeness (QED) is 0.302. The lowest BCUT2D eigenvalue weighted by atomic mass is 10.0. The monoisotopic (exact) mass is 530 g/mol. The van der Waals surface area contributed by atoms with Crippen molar-refractivity contribution in [1.82, 2.24) is 4.90 Å². The van der Waals surface area contributed by atoms with Crippen molar-refractivity contribution in [2.45, 2.75) is 64.8 Å². The molecule has 2 aromatic carbocycles. The van der Waals surface area contributed by atoms with Crippen LogP contribution in [0.5, 0.6) is 5.75 Å². The zero-order valence-electron chi connectivity index (χ0n) is 22.8. The third-order valence-electron chi connectivity index (χ3n) is 6.45.